The highest BCUT2D eigenvalue weighted by molar-refractivity contribution is 6.05. The summed E-state index contributed by atoms with van der Waals surface area (Å²) < 4.78 is 5.99. The first-order valence-corrected chi connectivity index (χ1v) is 10.1. The number of carbonyl (C=O) groups is 2. The molecule has 6 nitrogen and oxygen atoms in total. The molecule has 1 aromatic carbocycles. The van der Waals surface area contributed by atoms with Crippen LogP contribution in [0.5, 0.6) is 5.75 Å². The van der Waals surface area contributed by atoms with Crippen LogP contribution in [0.3, 0.4) is 0 Å². The lowest BCUT2D eigenvalue weighted by molar-refractivity contribution is -0.139. The number of likely N-dealkylation sites (tertiary alicyclic amines) is 1. The number of carbonyl (C=O) groups excluding carboxylic acids is 2. The number of hydrogen-bond acceptors (Lipinski definition) is 4. The van der Waals surface area contributed by atoms with Crippen LogP contribution < -0.4 is 9.64 Å². The Morgan fingerprint density at radius 2 is 1.90 bits per heavy atom. The van der Waals surface area contributed by atoms with Gasteiger partial charge in [0.2, 0.25) is 0 Å². The molecular formula is C23H25N3O3. The second-order valence-electron chi connectivity index (χ2n) is 7.42. The topological polar surface area (TPSA) is 62.7 Å². The molecule has 2 amide bonds. The van der Waals surface area contributed by atoms with Crippen molar-refractivity contribution in [1.29, 1.82) is 0 Å². The second-order valence-corrected chi connectivity index (χ2v) is 7.42. The summed E-state index contributed by atoms with van der Waals surface area (Å²) in [5.74, 6) is 0.345. The largest absolute Gasteiger partial charge is 0.476 e. The highest BCUT2D eigenvalue weighted by Gasteiger charge is 2.35. The molecule has 150 valence electrons. The minimum absolute atomic E-state index is 0.0379. The molecule has 1 atom stereocenters. The predicted octanol–water partition coefficient (Wildman–Crippen LogP) is 3.21. The average Bonchev–Trinajstić information content (AvgIpc) is 2.77. The highest BCUT2D eigenvalue weighted by atomic mass is 16.5. The van der Waals surface area contributed by atoms with Crippen molar-refractivity contribution in [3.8, 4) is 5.75 Å². The number of pyridine rings is 1. The fraction of sp³-hybridized carbons (Fsp3) is 0.348. The van der Waals surface area contributed by atoms with Crippen LogP contribution in [0.2, 0.25) is 0 Å². The van der Waals surface area contributed by atoms with Crippen molar-refractivity contribution >= 4 is 23.6 Å². The molecule has 1 saturated heterocycles. The van der Waals surface area contributed by atoms with Crippen LogP contribution in [-0.4, -0.2) is 47.4 Å². The van der Waals surface area contributed by atoms with Crippen LogP contribution >= 0.6 is 0 Å². The normalized spacial score (nSPS) is 19.0. The molecule has 2 aromatic rings. The lowest BCUT2D eigenvalue weighted by atomic mass is 10.1. The smallest absolute Gasteiger partial charge is 0.265 e. The molecule has 2 aliphatic heterocycles. The molecule has 2 aliphatic rings. The number of piperidine rings is 1. The Bertz CT molecular complexity index is 934. The fourth-order valence-corrected chi connectivity index (χ4v) is 3.81. The van der Waals surface area contributed by atoms with Crippen molar-refractivity contribution in [2.75, 3.05) is 24.5 Å². The van der Waals surface area contributed by atoms with E-state index in [9.17, 15) is 9.59 Å². The van der Waals surface area contributed by atoms with Gasteiger partial charge in [-0.05, 0) is 56.0 Å². The molecule has 6 heteroatoms. The van der Waals surface area contributed by atoms with Gasteiger partial charge in [-0.2, -0.15) is 0 Å². The monoisotopic (exact) mass is 391 g/mol. The van der Waals surface area contributed by atoms with E-state index in [-0.39, 0.29) is 18.4 Å². The van der Waals surface area contributed by atoms with Gasteiger partial charge in [-0.3, -0.25) is 14.6 Å². The Balaban J connectivity index is 1.57. The third kappa shape index (κ3) is 4.16. The maximum absolute atomic E-state index is 13.0. The van der Waals surface area contributed by atoms with E-state index in [1.165, 1.54) is 6.08 Å². The van der Waals surface area contributed by atoms with Crippen molar-refractivity contribution in [3.05, 3.63) is 59.9 Å². The molecule has 3 heterocycles. The molecule has 4 rings (SSSR count). The Hall–Kier alpha value is -3.15. The highest BCUT2D eigenvalue weighted by Crippen LogP contribution is 2.34. The predicted molar refractivity (Wildman–Crippen MR) is 112 cm³/mol. The summed E-state index contributed by atoms with van der Waals surface area (Å²) in [7, 11) is 0. The van der Waals surface area contributed by atoms with Gasteiger partial charge in [-0.1, -0.05) is 18.2 Å². The minimum atomic E-state index is -0.680. The van der Waals surface area contributed by atoms with E-state index in [2.05, 4.69) is 4.98 Å². The van der Waals surface area contributed by atoms with Gasteiger partial charge in [0, 0.05) is 31.1 Å². The third-order valence-electron chi connectivity index (χ3n) is 5.44. The molecule has 1 unspecified atom stereocenters. The Morgan fingerprint density at radius 1 is 1.10 bits per heavy atom. The minimum Gasteiger partial charge on any atom is -0.476 e. The number of benzene rings is 1. The van der Waals surface area contributed by atoms with E-state index in [0.29, 0.717) is 11.4 Å². The maximum atomic E-state index is 13.0. The number of ether oxygens (including phenoxy) is 1. The lowest BCUT2D eigenvalue weighted by Crippen LogP contribution is -2.52. The number of amides is 2. The van der Waals surface area contributed by atoms with Crippen LogP contribution in [0, 0.1) is 6.92 Å². The van der Waals surface area contributed by atoms with Crippen molar-refractivity contribution in [3.63, 3.8) is 0 Å². The van der Waals surface area contributed by atoms with Crippen LogP contribution in [0.15, 0.2) is 48.7 Å². The fourth-order valence-electron chi connectivity index (χ4n) is 3.81. The summed E-state index contributed by atoms with van der Waals surface area (Å²) >= 11 is 0. The molecule has 1 aromatic heterocycles. The van der Waals surface area contributed by atoms with Crippen LogP contribution in [-0.2, 0) is 9.59 Å². The van der Waals surface area contributed by atoms with E-state index in [0.717, 1.165) is 43.6 Å². The first-order chi connectivity index (χ1) is 14.1. The summed E-state index contributed by atoms with van der Waals surface area (Å²) in [6, 6.07) is 11.1. The summed E-state index contributed by atoms with van der Waals surface area (Å²) in [4.78, 5) is 33.8. The number of aromatic nitrogens is 1. The number of rotatable bonds is 3. The Kier molecular flexibility index (Phi) is 5.60. The van der Waals surface area contributed by atoms with Crippen LogP contribution in [0.1, 0.15) is 30.5 Å². The van der Waals surface area contributed by atoms with Gasteiger partial charge in [-0.25, -0.2) is 0 Å². The van der Waals surface area contributed by atoms with E-state index >= 15 is 0 Å². The SMILES string of the molecule is Cc1ncccc1/C=C/C(=O)N1CC(C(=O)N2CCCCC2)Oc2ccccc21. The van der Waals surface area contributed by atoms with Gasteiger partial charge < -0.3 is 14.5 Å². The van der Waals surface area contributed by atoms with E-state index in [1.807, 2.05) is 42.2 Å². The van der Waals surface area contributed by atoms with Gasteiger partial charge in [0.15, 0.2) is 6.10 Å². The Labute approximate surface area is 170 Å². The molecule has 0 spiro atoms. The van der Waals surface area contributed by atoms with Crippen molar-refractivity contribution < 1.29 is 14.3 Å². The number of aryl methyl sites for hydroxylation is 1. The second kappa shape index (κ2) is 8.47. The zero-order valence-electron chi connectivity index (χ0n) is 16.6. The molecule has 0 bridgehead atoms. The maximum Gasteiger partial charge on any atom is 0.265 e. The molecule has 1 fully saturated rings. The average molecular weight is 391 g/mol. The Morgan fingerprint density at radius 3 is 2.69 bits per heavy atom. The summed E-state index contributed by atoms with van der Waals surface area (Å²) in [6.45, 7) is 3.63. The van der Waals surface area contributed by atoms with Gasteiger partial charge in [0.05, 0.1) is 12.2 Å². The van der Waals surface area contributed by atoms with Gasteiger partial charge in [0.1, 0.15) is 5.75 Å². The van der Waals surface area contributed by atoms with E-state index in [4.69, 9.17) is 4.74 Å². The van der Waals surface area contributed by atoms with E-state index in [1.54, 1.807) is 23.2 Å². The zero-order chi connectivity index (χ0) is 20.2. The lowest BCUT2D eigenvalue weighted by Gasteiger charge is -2.37. The van der Waals surface area contributed by atoms with Crippen molar-refractivity contribution in [2.45, 2.75) is 32.3 Å². The summed E-state index contributed by atoms with van der Waals surface area (Å²) in [5.41, 5.74) is 2.44. The van der Waals surface area contributed by atoms with Crippen LogP contribution in [0.4, 0.5) is 5.69 Å². The van der Waals surface area contributed by atoms with E-state index < -0.39 is 6.10 Å². The first-order valence-electron chi connectivity index (χ1n) is 10.1. The molecule has 0 N–H and O–H groups in total. The molecule has 0 aliphatic carbocycles. The first kappa shape index (κ1) is 19.2. The molecule has 0 saturated carbocycles. The quantitative estimate of drug-likeness (QED) is 0.754. The molecule has 0 radical (unpaired) electrons. The summed E-state index contributed by atoms with van der Waals surface area (Å²) in [6.07, 6.45) is 7.54. The van der Waals surface area contributed by atoms with Gasteiger partial charge >= 0.3 is 0 Å². The molecule has 29 heavy (non-hydrogen) atoms. The van der Waals surface area contributed by atoms with Crippen molar-refractivity contribution in [1.82, 2.24) is 9.88 Å². The zero-order valence-corrected chi connectivity index (χ0v) is 16.6. The number of hydrogen-bond donors (Lipinski definition) is 0. The standard InChI is InChI=1S/C23H25N3O3/c1-17-18(8-7-13-24-17)11-12-22(27)26-16-21(23(28)25-14-5-2-6-15-25)29-20-10-4-3-9-19(20)26/h3-4,7-13,21H,2,5-6,14-16H2,1H3/b12-11+. The number of anilines is 1. The van der Waals surface area contributed by atoms with Crippen molar-refractivity contribution in [2.24, 2.45) is 0 Å². The van der Waals surface area contributed by atoms with Gasteiger partial charge in [0.25, 0.3) is 11.8 Å². The van der Waals surface area contributed by atoms with Crippen LogP contribution in [0.25, 0.3) is 6.08 Å². The van der Waals surface area contributed by atoms with Gasteiger partial charge in [-0.15, -0.1) is 0 Å². The summed E-state index contributed by atoms with van der Waals surface area (Å²) in [5, 5.41) is 0. The number of nitrogens with zero attached hydrogens (tertiary/aromatic N) is 3. The molecular weight excluding hydrogens is 366 g/mol. The third-order valence-corrected chi connectivity index (χ3v) is 5.44. The number of fused-ring (bicyclic) bond motifs is 1. The number of para-hydroxylation sites is 2.